The van der Waals surface area contributed by atoms with Crippen LogP contribution in [0.1, 0.15) is 30.4 Å². The van der Waals surface area contributed by atoms with Crippen LogP contribution >= 0.6 is 0 Å². The molecule has 0 aliphatic heterocycles. The number of pyridine rings is 2. The van der Waals surface area contributed by atoms with E-state index in [2.05, 4.69) is 23.1 Å². The Morgan fingerprint density at radius 2 is 1.40 bits per heavy atom. The number of hydrogen-bond donors (Lipinski definition) is 0. The molecular formula is C16H22Li2N2. The molecule has 0 unspecified atom stereocenters. The first-order chi connectivity index (χ1) is 8.60. The van der Waals surface area contributed by atoms with Crippen molar-refractivity contribution in [3.05, 3.63) is 66.6 Å². The van der Waals surface area contributed by atoms with Gasteiger partial charge in [-0.15, -0.1) is 0 Å². The first-order valence-electron chi connectivity index (χ1n) is 6.09. The molecule has 0 N–H and O–H groups in total. The van der Waals surface area contributed by atoms with E-state index in [9.17, 15) is 0 Å². The predicted octanol–water partition coefficient (Wildman–Crippen LogP) is -1.87. The molecule has 2 rings (SSSR count). The van der Waals surface area contributed by atoms with Gasteiger partial charge < -0.3 is 11.9 Å². The molecule has 0 bridgehead atoms. The number of aryl methyl sites for hydroxylation is 3. The van der Waals surface area contributed by atoms with Gasteiger partial charge >= 0.3 is 37.7 Å². The fourth-order valence-corrected chi connectivity index (χ4v) is 1.09. The van der Waals surface area contributed by atoms with Crippen molar-refractivity contribution in [3.8, 4) is 0 Å². The molecule has 0 saturated carbocycles. The van der Waals surface area contributed by atoms with Gasteiger partial charge in [0.15, 0.2) is 0 Å². The van der Waals surface area contributed by atoms with Crippen molar-refractivity contribution in [1.82, 2.24) is 9.97 Å². The van der Waals surface area contributed by atoms with Gasteiger partial charge in [0.1, 0.15) is 0 Å². The molecule has 20 heavy (non-hydrogen) atoms. The van der Waals surface area contributed by atoms with Crippen LogP contribution < -0.4 is 37.7 Å². The predicted molar refractivity (Wildman–Crippen MR) is 77.2 cm³/mol. The van der Waals surface area contributed by atoms with Crippen LogP contribution in [0.5, 0.6) is 0 Å². The largest absolute Gasteiger partial charge is 1.00 e. The van der Waals surface area contributed by atoms with E-state index < -0.39 is 0 Å². The molecule has 0 aliphatic carbocycles. The van der Waals surface area contributed by atoms with E-state index >= 15 is 0 Å². The second-order valence-electron chi connectivity index (χ2n) is 3.83. The molecule has 0 amide bonds. The van der Waals surface area contributed by atoms with Crippen LogP contribution in [0, 0.1) is 33.9 Å². The van der Waals surface area contributed by atoms with Gasteiger partial charge in [-0.3, -0.25) is 4.98 Å². The van der Waals surface area contributed by atoms with Gasteiger partial charge in [-0.05, 0) is 26.0 Å². The molecule has 2 aromatic heterocycles. The second-order valence-corrected chi connectivity index (χ2v) is 3.83. The Morgan fingerprint density at radius 1 is 0.950 bits per heavy atom. The van der Waals surface area contributed by atoms with Gasteiger partial charge in [0.25, 0.3) is 0 Å². The summed E-state index contributed by atoms with van der Waals surface area (Å²) in [5.41, 5.74) is 3.19. The van der Waals surface area contributed by atoms with Crippen LogP contribution in [-0.4, -0.2) is 9.97 Å². The summed E-state index contributed by atoms with van der Waals surface area (Å²) in [7, 11) is 0. The Labute approximate surface area is 148 Å². The maximum absolute atomic E-state index is 4.17. The van der Waals surface area contributed by atoms with Crippen molar-refractivity contribution in [1.29, 1.82) is 0 Å². The molecule has 0 atom stereocenters. The molecule has 98 valence electrons. The summed E-state index contributed by atoms with van der Waals surface area (Å²) in [6.07, 6.45) is 3.71. The fourth-order valence-electron chi connectivity index (χ4n) is 1.09. The minimum atomic E-state index is 0. The first kappa shape index (κ1) is 24.5. The smallest absolute Gasteiger partial charge is 0.391 e. The van der Waals surface area contributed by atoms with E-state index in [1.807, 2.05) is 58.0 Å². The van der Waals surface area contributed by atoms with Crippen molar-refractivity contribution in [3.63, 3.8) is 0 Å². The van der Waals surface area contributed by atoms with Crippen LogP contribution in [0.4, 0.5) is 0 Å². The van der Waals surface area contributed by atoms with Crippen molar-refractivity contribution in [2.24, 2.45) is 0 Å². The maximum Gasteiger partial charge on any atom is 1.00 e. The van der Waals surface area contributed by atoms with Gasteiger partial charge in [-0.1, -0.05) is 31.8 Å². The van der Waals surface area contributed by atoms with Crippen LogP contribution in [0.2, 0.25) is 0 Å². The summed E-state index contributed by atoms with van der Waals surface area (Å²) in [4.78, 5) is 8.03. The van der Waals surface area contributed by atoms with E-state index in [1.54, 1.807) is 6.07 Å². The fraction of sp³-hybridized carbons (Fsp3) is 0.312. The molecule has 0 aliphatic rings. The quantitative estimate of drug-likeness (QED) is 0.407. The molecule has 0 saturated heterocycles. The Bertz CT molecular complexity index is 403. The normalized spacial score (nSPS) is 7.65. The third-order valence-electron chi connectivity index (χ3n) is 1.78. The number of rotatable bonds is 0. The van der Waals surface area contributed by atoms with Gasteiger partial charge in [0.05, 0.1) is 0 Å². The van der Waals surface area contributed by atoms with E-state index in [0.717, 1.165) is 23.5 Å². The molecule has 0 aromatic carbocycles. The Morgan fingerprint density at radius 3 is 1.60 bits per heavy atom. The van der Waals surface area contributed by atoms with Gasteiger partial charge in [-0.25, -0.2) is 0 Å². The molecule has 4 heteroatoms. The Balaban J connectivity index is -0.000000225. The minimum absolute atomic E-state index is 0. The summed E-state index contributed by atoms with van der Waals surface area (Å²) in [5, 5.41) is 0. The van der Waals surface area contributed by atoms with Gasteiger partial charge in [0, 0.05) is 11.4 Å². The molecule has 0 spiro atoms. The van der Waals surface area contributed by atoms with Crippen LogP contribution in [0.3, 0.4) is 0 Å². The van der Waals surface area contributed by atoms with E-state index in [4.69, 9.17) is 0 Å². The Kier molecular flexibility index (Phi) is 20.3. The topological polar surface area (TPSA) is 25.8 Å². The van der Waals surface area contributed by atoms with Crippen LogP contribution in [0.15, 0.2) is 36.4 Å². The third kappa shape index (κ3) is 15.6. The third-order valence-corrected chi connectivity index (χ3v) is 1.78. The average molecular weight is 256 g/mol. The van der Waals surface area contributed by atoms with Crippen molar-refractivity contribution in [2.75, 3.05) is 0 Å². The van der Waals surface area contributed by atoms with Crippen molar-refractivity contribution >= 4 is 0 Å². The molecule has 2 aromatic rings. The zero-order valence-electron chi connectivity index (χ0n) is 13.8. The first-order valence-corrected chi connectivity index (χ1v) is 6.09. The van der Waals surface area contributed by atoms with Crippen LogP contribution in [0.25, 0.3) is 0 Å². The molecular weight excluding hydrogens is 234 g/mol. The zero-order valence-corrected chi connectivity index (χ0v) is 13.8. The summed E-state index contributed by atoms with van der Waals surface area (Å²) in [6.45, 7) is 11.4. The molecule has 0 fully saturated rings. The SMILES string of the molecule is Cc1ccc[c-]n1.Cc1cccc(C)n1.[CH2-]CC.[Li+].[Li+]. The maximum atomic E-state index is 4.17. The zero-order chi connectivity index (χ0) is 13.8. The van der Waals surface area contributed by atoms with E-state index in [-0.39, 0.29) is 37.7 Å². The number of hydrogen-bond acceptors (Lipinski definition) is 2. The monoisotopic (exact) mass is 256 g/mol. The average Bonchev–Trinajstić information content (AvgIpc) is 2.31. The number of aromatic nitrogens is 2. The standard InChI is InChI=1S/C7H9N.C6H6N.C3H7.2Li/c1-6-4-3-5-7(2)8-6;1-6-4-2-3-5-7-6;1-3-2;;/h3-5H,1-2H3;2-4H,1H3;1,3H2,2H3;;/q;2*-1;2*+1. The second kappa shape index (κ2) is 16.5. The van der Waals surface area contributed by atoms with Gasteiger partial charge in [-0.2, -0.15) is 24.6 Å². The molecule has 2 nitrogen and oxygen atoms in total. The summed E-state index contributed by atoms with van der Waals surface area (Å²) >= 11 is 0. The van der Waals surface area contributed by atoms with E-state index in [1.165, 1.54) is 0 Å². The molecule has 0 radical (unpaired) electrons. The summed E-state index contributed by atoms with van der Waals surface area (Å²) < 4.78 is 0. The number of nitrogens with zero attached hydrogens (tertiary/aromatic N) is 2. The Hall–Kier alpha value is -0.505. The van der Waals surface area contributed by atoms with Gasteiger partial charge in [0.2, 0.25) is 0 Å². The van der Waals surface area contributed by atoms with Crippen molar-refractivity contribution in [2.45, 2.75) is 34.1 Å². The van der Waals surface area contributed by atoms with Crippen molar-refractivity contribution < 1.29 is 37.7 Å². The molecule has 2 heterocycles. The minimum Gasteiger partial charge on any atom is -0.391 e. The van der Waals surface area contributed by atoms with Crippen LogP contribution in [-0.2, 0) is 0 Å². The summed E-state index contributed by atoms with van der Waals surface area (Å²) in [6, 6.07) is 11.6. The summed E-state index contributed by atoms with van der Waals surface area (Å²) in [5.74, 6) is 0. The van der Waals surface area contributed by atoms with E-state index in [0.29, 0.717) is 0 Å².